The molecule has 0 spiro atoms. The number of fused-ring (bicyclic) bond motifs is 1. The van der Waals surface area contributed by atoms with E-state index in [-0.39, 0.29) is 31.2 Å². The Labute approximate surface area is 197 Å². The van der Waals surface area contributed by atoms with Crippen molar-refractivity contribution in [2.45, 2.75) is 45.8 Å². The van der Waals surface area contributed by atoms with Crippen LogP contribution in [-0.2, 0) is 22.7 Å². The zero-order valence-corrected chi connectivity index (χ0v) is 19.4. The van der Waals surface area contributed by atoms with Crippen molar-refractivity contribution in [2.75, 3.05) is 31.1 Å². The number of carbonyl (C=O) groups excluding carboxylic acids is 3. The number of benzene rings is 1. The SMILES string of the molecule is Cc1cc(CN2CCN(c3cc(F)cc4c3CN(C3CCC(=O)NC3=O)C4=O)CC2)cc(C)n1. The predicted molar refractivity (Wildman–Crippen MR) is 124 cm³/mol. The molecular formula is C25H28FN5O3. The molecule has 2 saturated heterocycles. The molecule has 5 rings (SSSR count). The second-order valence-electron chi connectivity index (χ2n) is 9.37. The molecule has 1 aromatic carbocycles. The number of carbonyl (C=O) groups is 3. The minimum atomic E-state index is -0.711. The van der Waals surface area contributed by atoms with Gasteiger partial charge in [0.1, 0.15) is 11.9 Å². The Bertz CT molecular complexity index is 1160. The molecule has 3 amide bonds. The molecular weight excluding hydrogens is 437 g/mol. The van der Waals surface area contributed by atoms with Gasteiger partial charge in [0.15, 0.2) is 0 Å². The fourth-order valence-electron chi connectivity index (χ4n) is 5.31. The van der Waals surface area contributed by atoms with E-state index in [9.17, 15) is 18.8 Å². The zero-order valence-electron chi connectivity index (χ0n) is 19.4. The van der Waals surface area contributed by atoms with E-state index in [0.29, 0.717) is 24.3 Å². The molecule has 0 bridgehead atoms. The number of piperazine rings is 1. The molecule has 2 fully saturated rings. The summed E-state index contributed by atoms with van der Waals surface area (Å²) in [6.07, 6.45) is 0.477. The summed E-state index contributed by atoms with van der Waals surface area (Å²) in [5.74, 6) is -1.61. The highest BCUT2D eigenvalue weighted by atomic mass is 19.1. The normalized spacial score (nSPS) is 21.1. The van der Waals surface area contributed by atoms with Crippen molar-refractivity contribution < 1.29 is 18.8 Å². The maximum Gasteiger partial charge on any atom is 0.255 e. The van der Waals surface area contributed by atoms with E-state index in [4.69, 9.17) is 0 Å². The fraction of sp³-hybridized carbons (Fsp3) is 0.440. The van der Waals surface area contributed by atoms with Gasteiger partial charge >= 0.3 is 0 Å². The van der Waals surface area contributed by atoms with Gasteiger partial charge < -0.3 is 9.80 Å². The maximum atomic E-state index is 14.6. The Morgan fingerprint density at radius 1 is 1.03 bits per heavy atom. The minimum Gasteiger partial charge on any atom is -0.369 e. The van der Waals surface area contributed by atoms with Crippen LogP contribution in [0.3, 0.4) is 0 Å². The van der Waals surface area contributed by atoms with E-state index in [0.717, 1.165) is 36.6 Å². The summed E-state index contributed by atoms with van der Waals surface area (Å²) in [6.45, 7) is 8.13. The lowest BCUT2D eigenvalue weighted by molar-refractivity contribution is -0.136. The number of hydrogen-bond acceptors (Lipinski definition) is 6. The molecule has 3 aliphatic rings. The highest BCUT2D eigenvalue weighted by molar-refractivity contribution is 6.06. The van der Waals surface area contributed by atoms with Crippen LogP contribution in [-0.4, -0.2) is 64.7 Å². The molecule has 1 aromatic heterocycles. The number of rotatable bonds is 4. The van der Waals surface area contributed by atoms with Crippen LogP contribution in [0.1, 0.15) is 45.7 Å². The quantitative estimate of drug-likeness (QED) is 0.695. The molecule has 4 heterocycles. The number of amides is 3. The highest BCUT2D eigenvalue weighted by Crippen LogP contribution is 2.35. The molecule has 0 aliphatic carbocycles. The van der Waals surface area contributed by atoms with Gasteiger partial charge in [-0.1, -0.05) is 0 Å². The first-order chi connectivity index (χ1) is 16.3. The molecule has 1 N–H and O–H groups in total. The topological polar surface area (TPSA) is 85.9 Å². The molecule has 0 saturated carbocycles. The van der Waals surface area contributed by atoms with Gasteiger partial charge in [-0.15, -0.1) is 0 Å². The number of hydrogen-bond donors (Lipinski definition) is 1. The van der Waals surface area contributed by atoms with Crippen molar-refractivity contribution in [3.63, 3.8) is 0 Å². The molecule has 9 heteroatoms. The number of anilines is 1. The monoisotopic (exact) mass is 465 g/mol. The summed E-state index contributed by atoms with van der Waals surface area (Å²) in [4.78, 5) is 47.4. The van der Waals surface area contributed by atoms with E-state index in [1.165, 1.54) is 22.6 Å². The molecule has 3 aliphatic heterocycles. The molecule has 1 atom stereocenters. The number of nitrogens with one attached hydrogen (secondary N) is 1. The first-order valence-corrected chi connectivity index (χ1v) is 11.7. The van der Waals surface area contributed by atoms with Crippen LogP contribution >= 0.6 is 0 Å². The summed E-state index contributed by atoms with van der Waals surface area (Å²) in [6, 6.07) is 6.25. The molecule has 1 unspecified atom stereocenters. The predicted octanol–water partition coefficient (Wildman–Crippen LogP) is 1.92. The van der Waals surface area contributed by atoms with Crippen molar-refractivity contribution >= 4 is 23.4 Å². The minimum absolute atomic E-state index is 0.191. The fourth-order valence-corrected chi connectivity index (χ4v) is 5.31. The van der Waals surface area contributed by atoms with Crippen molar-refractivity contribution in [1.29, 1.82) is 0 Å². The standard InChI is InChI=1S/C25H28FN5O3/c1-15-9-17(10-16(2)27-15)13-29-5-7-30(8-6-29)22-12-18(26)11-19-20(22)14-31(25(19)34)21-3-4-23(32)28-24(21)33/h9-12,21H,3-8,13-14H2,1-2H3,(H,28,32,33). The van der Waals surface area contributed by atoms with Crippen LogP contribution in [0.4, 0.5) is 10.1 Å². The van der Waals surface area contributed by atoms with Gasteiger partial charge in [-0.2, -0.15) is 0 Å². The van der Waals surface area contributed by atoms with Crippen LogP contribution in [0.2, 0.25) is 0 Å². The van der Waals surface area contributed by atoms with Gasteiger partial charge in [-0.05, 0) is 50.1 Å². The lowest BCUT2D eigenvalue weighted by Gasteiger charge is -2.37. The largest absolute Gasteiger partial charge is 0.369 e. The number of nitrogens with zero attached hydrogens (tertiary/aromatic N) is 4. The Morgan fingerprint density at radius 2 is 1.74 bits per heavy atom. The van der Waals surface area contributed by atoms with Crippen LogP contribution in [0.5, 0.6) is 0 Å². The number of halogens is 1. The number of aromatic nitrogens is 1. The third kappa shape index (κ3) is 4.27. The average Bonchev–Trinajstić information content (AvgIpc) is 3.09. The third-order valence-corrected chi connectivity index (χ3v) is 6.86. The number of imide groups is 1. The molecule has 0 radical (unpaired) electrons. The van der Waals surface area contributed by atoms with Crippen LogP contribution in [0, 0.1) is 19.7 Å². The lowest BCUT2D eigenvalue weighted by atomic mass is 10.0. The van der Waals surface area contributed by atoms with Crippen molar-refractivity contribution in [3.05, 3.63) is 58.2 Å². The lowest BCUT2D eigenvalue weighted by Crippen LogP contribution is -2.52. The second kappa shape index (κ2) is 8.79. The van der Waals surface area contributed by atoms with Gasteiger partial charge in [0, 0.05) is 73.9 Å². The summed E-state index contributed by atoms with van der Waals surface area (Å²) in [5, 5.41) is 2.31. The Kier molecular flexibility index (Phi) is 5.81. The molecule has 8 nitrogen and oxygen atoms in total. The van der Waals surface area contributed by atoms with E-state index in [1.807, 2.05) is 13.8 Å². The van der Waals surface area contributed by atoms with Gasteiger partial charge in [0.2, 0.25) is 11.8 Å². The van der Waals surface area contributed by atoms with Crippen molar-refractivity contribution in [1.82, 2.24) is 20.1 Å². The van der Waals surface area contributed by atoms with Crippen molar-refractivity contribution in [3.8, 4) is 0 Å². The first-order valence-electron chi connectivity index (χ1n) is 11.7. The van der Waals surface area contributed by atoms with Crippen molar-refractivity contribution in [2.24, 2.45) is 0 Å². The third-order valence-electron chi connectivity index (χ3n) is 6.86. The summed E-state index contributed by atoms with van der Waals surface area (Å²) in [7, 11) is 0. The molecule has 178 valence electrons. The van der Waals surface area contributed by atoms with E-state index in [1.54, 1.807) is 0 Å². The first kappa shape index (κ1) is 22.5. The van der Waals surface area contributed by atoms with Gasteiger partial charge in [0.05, 0.1) is 0 Å². The zero-order chi connectivity index (χ0) is 24.0. The van der Waals surface area contributed by atoms with Crippen LogP contribution < -0.4 is 10.2 Å². The number of aryl methyl sites for hydroxylation is 2. The summed E-state index contributed by atoms with van der Waals surface area (Å²) in [5.41, 5.74) is 5.03. The van der Waals surface area contributed by atoms with Gasteiger partial charge in [0.25, 0.3) is 5.91 Å². The van der Waals surface area contributed by atoms with Crippen LogP contribution in [0.15, 0.2) is 24.3 Å². The number of pyridine rings is 1. The molecule has 34 heavy (non-hydrogen) atoms. The Hall–Kier alpha value is -3.33. The Morgan fingerprint density at radius 3 is 2.41 bits per heavy atom. The number of piperidine rings is 1. The van der Waals surface area contributed by atoms with Gasteiger partial charge in [-0.25, -0.2) is 4.39 Å². The summed E-state index contributed by atoms with van der Waals surface area (Å²) < 4.78 is 14.6. The second-order valence-corrected chi connectivity index (χ2v) is 9.37. The van der Waals surface area contributed by atoms with E-state index >= 15 is 0 Å². The maximum absolute atomic E-state index is 14.6. The van der Waals surface area contributed by atoms with Gasteiger partial charge in [-0.3, -0.25) is 29.6 Å². The smallest absolute Gasteiger partial charge is 0.255 e. The molecule has 2 aromatic rings. The van der Waals surface area contributed by atoms with Crippen LogP contribution in [0.25, 0.3) is 0 Å². The van der Waals surface area contributed by atoms with E-state index < -0.39 is 17.8 Å². The Balaban J connectivity index is 1.31. The van der Waals surface area contributed by atoms with E-state index in [2.05, 4.69) is 32.2 Å². The summed E-state index contributed by atoms with van der Waals surface area (Å²) >= 11 is 0. The average molecular weight is 466 g/mol. The highest BCUT2D eigenvalue weighted by Gasteiger charge is 2.41.